The van der Waals surface area contributed by atoms with Crippen LogP contribution in [0.1, 0.15) is 92.4 Å². The van der Waals surface area contributed by atoms with Crippen molar-refractivity contribution in [3.63, 3.8) is 0 Å². The Morgan fingerprint density at radius 3 is 2.00 bits per heavy atom. The number of unbranched alkanes of at least 4 members (excludes halogenated alkanes) is 5. The fourth-order valence-corrected chi connectivity index (χ4v) is 2.37. The van der Waals surface area contributed by atoms with Crippen molar-refractivity contribution in [1.82, 2.24) is 4.90 Å². The first-order valence-electron chi connectivity index (χ1n) is 9.29. The highest BCUT2D eigenvalue weighted by Crippen LogP contribution is 2.11. The molecule has 0 fully saturated rings. The van der Waals surface area contributed by atoms with Crippen molar-refractivity contribution in [2.75, 3.05) is 13.1 Å². The number of hydrogen-bond acceptors (Lipinski definition) is 3. The van der Waals surface area contributed by atoms with Gasteiger partial charge in [0.25, 0.3) is 0 Å². The molecule has 0 aromatic rings. The summed E-state index contributed by atoms with van der Waals surface area (Å²) >= 11 is 0. The molecule has 0 spiro atoms. The molecular weight excluding hydrogens is 290 g/mol. The minimum atomic E-state index is -0.464. The number of ether oxygens (including phenoxy) is 1. The molecule has 0 heterocycles. The molecule has 4 nitrogen and oxygen atoms in total. The van der Waals surface area contributed by atoms with Crippen LogP contribution in [0.3, 0.4) is 0 Å². The van der Waals surface area contributed by atoms with Crippen LogP contribution < -0.4 is 0 Å². The summed E-state index contributed by atoms with van der Waals surface area (Å²) < 4.78 is 5.32. The number of carbonyl (C=O) groups is 2. The molecule has 0 radical (unpaired) electrons. The monoisotopic (exact) mass is 327 g/mol. The van der Waals surface area contributed by atoms with Crippen molar-refractivity contribution in [3.05, 3.63) is 0 Å². The van der Waals surface area contributed by atoms with Crippen LogP contribution in [0.5, 0.6) is 0 Å². The number of hydrogen-bond donors (Lipinski definition) is 0. The van der Waals surface area contributed by atoms with E-state index in [2.05, 4.69) is 13.8 Å². The molecule has 0 N–H and O–H groups in total. The SMILES string of the molecule is CCCCCCCC(=O)N(CCCC)CCC(=O)OC(C)(C)C. The van der Waals surface area contributed by atoms with E-state index in [1.165, 1.54) is 19.3 Å². The quantitative estimate of drug-likeness (QED) is 0.385. The van der Waals surface area contributed by atoms with Crippen LogP contribution in [0.4, 0.5) is 0 Å². The second-order valence-electron chi connectivity index (χ2n) is 7.23. The zero-order valence-electron chi connectivity index (χ0n) is 16.0. The van der Waals surface area contributed by atoms with E-state index < -0.39 is 5.60 Å². The van der Waals surface area contributed by atoms with Gasteiger partial charge in [-0.3, -0.25) is 9.59 Å². The second kappa shape index (κ2) is 12.4. The average Bonchev–Trinajstić information content (AvgIpc) is 2.45. The largest absolute Gasteiger partial charge is 0.460 e. The Kier molecular flexibility index (Phi) is 11.8. The van der Waals surface area contributed by atoms with Gasteiger partial charge in [0.05, 0.1) is 6.42 Å². The Bertz CT molecular complexity index is 334. The third-order valence-corrected chi connectivity index (χ3v) is 3.63. The highest BCUT2D eigenvalue weighted by atomic mass is 16.6. The van der Waals surface area contributed by atoms with Crippen LogP contribution in [0.2, 0.25) is 0 Å². The number of amides is 1. The van der Waals surface area contributed by atoms with E-state index in [-0.39, 0.29) is 18.3 Å². The normalized spacial score (nSPS) is 11.3. The van der Waals surface area contributed by atoms with Crippen molar-refractivity contribution in [1.29, 1.82) is 0 Å². The molecule has 0 unspecified atom stereocenters. The highest BCUT2D eigenvalue weighted by Gasteiger charge is 2.19. The summed E-state index contributed by atoms with van der Waals surface area (Å²) in [7, 11) is 0. The maximum atomic E-state index is 12.4. The standard InChI is InChI=1S/C19H37NO3/c1-6-8-10-11-12-13-17(21)20(15-9-7-2)16-14-18(22)23-19(3,4)5/h6-16H2,1-5H3. The maximum absolute atomic E-state index is 12.4. The minimum absolute atomic E-state index is 0.179. The first kappa shape index (κ1) is 21.9. The minimum Gasteiger partial charge on any atom is -0.460 e. The summed E-state index contributed by atoms with van der Waals surface area (Å²) in [4.78, 5) is 26.0. The van der Waals surface area contributed by atoms with Crippen LogP contribution in [-0.4, -0.2) is 35.5 Å². The van der Waals surface area contributed by atoms with E-state index in [0.717, 1.165) is 32.2 Å². The molecule has 0 aliphatic carbocycles. The summed E-state index contributed by atoms with van der Waals surface area (Å²) in [5, 5.41) is 0. The summed E-state index contributed by atoms with van der Waals surface area (Å²) in [5.41, 5.74) is -0.464. The Balaban J connectivity index is 4.22. The van der Waals surface area contributed by atoms with Gasteiger partial charge in [0, 0.05) is 19.5 Å². The van der Waals surface area contributed by atoms with Crippen LogP contribution in [0.25, 0.3) is 0 Å². The lowest BCUT2D eigenvalue weighted by Gasteiger charge is -2.24. The third-order valence-electron chi connectivity index (χ3n) is 3.63. The van der Waals surface area contributed by atoms with Crippen molar-refractivity contribution in [2.24, 2.45) is 0 Å². The highest BCUT2D eigenvalue weighted by molar-refractivity contribution is 5.77. The molecule has 0 aromatic carbocycles. The summed E-state index contributed by atoms with van der Waals surface area (Å²) in [5.74, 6) is -0.0479. The predicted octanol–water partition coefficient (Wildman–Crippen LogP) is 4.71. The Morgan fingerprint density at radius 2 is 1.43 bits per heavy atom. The van der Waals surface area contributed by atoms with E-state index in [1.807, 2.05) is 25.7 Å². The van der Waals surface area contributed by atoms with Crippen LogP contribution in [0.15, 0.2) is 0 Å². The number of rotatable bonds is 12. The van der Waals surface area contributed by atoms with Crippen molar-refractivity contribution in [2.45, 2.75) is 98.0 Å². The lowest BCUT2D eigenvalue weighted by molar-refractivity contribution is -0.155. The molecule has 0 rings (SSSR count). The van der Waals surface area contributed by atoms with Crippen molar-refractivity contribution < 1.29 is 14.3 Å². The molecule has 0 bridgehead atoms. The molecule has 0 aromatic heterocycles. The molecule has 0 aliphatic heterocycles. The number of nitrogens with zero attached hydrogens (tertiary/aromatic N) is 1. The third kappa shape index (κ3) is 13.1. The van der Waals surface area contributed by atoms with Gasteiger partial charge in [-0.15, -0.1) is 0 Å². The molecule has 0 saturated heterocycles. The molecule has 0 atom stereocenters. The van der Waals surface area contributed by atoms with Crippen molar-refractivity contribution >= 4 is 11.9 Å². The zero-order valence-corrected chi connectivity index (χ0v) is 16.0. The number of carbonyl (C=O) groups excluding carboxylic acids is 2. The topological polar surface area (TPSA) is 46.6 Å². The van der Waals surface area contributed by atoms with Gasteiger partial charge in [0.2, 0.25) is 5.91 Å². The lowest BCUT2D eigenvalue weighted by Crippen LogP contribution is -2.35. The lowest BCUT2D eigenvalue weighted by atomic mass is 10.1. The van der Waals surface area contributed by atoms with E-state index in [0.29, 0.717) is 13.0 Å². The van der Waals surface area contributed by atoms with E-state index >= 15 is 0 Å². The molecule has 1 amide bonds. The molecule has 4 heteroatoms. The van der Waals surface area contributed by atoms with Gasteiger partial charge in [-0.25, -0.2) is 0 Å². The first-order valence-corrected chi connectivity index (χ1v) is 9.29. The molecule has 0 aliphatic rings. The van der Waals surface area contributed by atoms with Gasteiger partial charge in [-0.2, -0.15) is 0 Å². The predicted molar refractivity (Wildman–Crippen MR) is 95.3 cm³/mol. The molecule has 136 valence electrons. The van der Waals surface area contributed by atoms with E-state index in [1.54, 1.807) is 0 Å². The average molecular weight is 328 g/mol. The van der Waals surface area contributed by atoms with E-state index in [4.69, 9.17) is 4.74 Å². The van der Waals surface area contributed by atoms with Gasteiger partial charge < -0.3 is 9.64 Å². The zero-order chi connectivity index (χ0) is 17.7. The van der Waals surface area contributed by atoms with Gasteiger partial charge in [-0.05, 0) is 33.6 Å². The van der Waals surface area contributed by atoms with Gasteiger partial charge in [-0.1, -0.05) is 46.0 Å². The maximum Gasteiger partial charge on any atom is 0.308 e. The second-order valence-corrected chi connectivity index (χ2v) is 7.23. The molecule has 0 saturated carbocycles. The van der Waals surface area contributed by atoms with Gasteiger partial charge in [0.1, 0.15) is 5.60 Å². The Hall–Kier alpha value is -1.06. The molecular formula is C19H37NO3. The summed E-state index contributed by atoms with van der Waals surface area (Å²) in [6, 6.07) is 0. The van der Waals surface area contributed by atoms with Gasteiger partial charge >= 0.3 is 5.97 Å². The van der Waals surface area contributed by atoms with Crippen molar-refractivity contribution in [3.8, 4) is 0 Å². The summed E-state index contributed by atoms with van der Waals surface area (Å²) in [6.07, 6.45) is 8.64. The Labute approximate surface area is 143 Å². The van der Waals surface area contributed by atoms with Crippen LogP contribution in [-0.2, 0) is 14.3 Å². The fourth-order valence-electron chi connectivity index (χ4n) is 2.37. The Morgan fingerprint density at radius 1 is 0.826 bits per heavy atom. The first-order chi connectivity index (χ1) is 10.8. The fraction of sp³-hybridized carbons (Fsp3) is 0.895. The molecule has 23 heavy (non-hydrogen) atoms. The van der Waals surface area contributed by atoms with Gasteiger partial charge in [0.15, 0.2) is 0 Å². The van der Waals surface area contributed by atoms with Crippen LogP contribution >= 0.6 is 0 Å². The van der Waals surface area contributed by atoms with Crippen LogP contribution in [0, 0.1) is 0 Å². The number of esters is 1. The summed E-state index contributed by atoms with van der Waals surface area (Å²) in [6.45, 7) is 11.1. The smallest absolute Gasteiger partial charge is 0.308 e. The van der Waals surface area contributed by atoms with E-state index in [9.17, 15) is 9.59 Å².